The lowest BCUT2D eigenvalue weighted by molar-refractivity contribution is -0.152. The van der Waals surface area contributed by atoms with Crippen molar-refractivity contribution in [1.82, 2.24) is 0 Å². The predicted octanol–water partition coefficient (Wildman–Crippen LogP) is 4.10. The van der Waals surface area contributed by atoms with Gasteiger partial charge < -0.3 is 23.4 Å². The Morgan fingerprint density at radius 1 is 1.10 bits per heavy atom. The number of fused-ring (bicyclic) bond motifs is 1. The topological polar surface area (TPSA) is 84.2 Å². The van der Waals surface area contributed by atoms with Gasteiger partial charge in [0.1, 0.15) is 30.0 Å². The number of benzene rings is 2. The molecule has 0 saturated heterocycles. The minimum atomic E-state index is -0.820. The van der Waals surface area contributed by atoms with Crippen molar-refractivity contribution in [3.8, 4) is 17.2 Å². The predicted molar refractivity (Wildman–Crippen MR) is 111 cm³/mol. The Balaban J connectivity index is 1.77. The lowest BCUT2D eigenvalue weighted by Crippen LogP contribution is -2.27. The number of hydrogen-bond acceptors (Lipinski definition) is 7. The number of methoxy groups -OCH3 is 1. The number of hydrogen-bond donors (Lipinski definition) is 0. The zero-order chi connectivity index (χ0) is 21.5. The van der Waals surface area contributed by atoms with E-state index >= 15 is 0 Å². The zero-order valence-corrected chi connectivity index (χ0v) is 17.2. The summed E-state index contributed by atoms with van der Waals surface area (Å²) in [6.07, 6.45) is 1.24. The molecule has 0 N–H and O–H groups in total. The molecule has 3 rings (SSSR count). The molecule has 1 aromatic heterocycles. The molecule has 0 aliphatic heterocycles. The SMILES string of the molecule is CCc1ccccc1Oc1coc2cc(O[C@H](C)C(=O)OCCOC)ccc2c1=O. The van der Waals surface area contributed by atoms with Gasteiger partial charge >= 0.3 is 5.97 Å². The Hall–Kier alpha value is -3.32. The van der Waals surface area contributed by atoms with Crippen LogP contribution in [0.1, 0.15) is 19.4 Å². The van der Waals surface area contributed by atoms with Crippen LogP contribution < -0.4 is 14.9 Å². The van der Waals surface area contributed by atoms with Crippen molar-refractivity contribution in [2.24, 2.45) is 0 Å². The molecule has 0 radical (unpaired) electrons. The van der Waals surface area contributed by atoms with E-state index in [0.717, 1.165) is 12.0 Å². The summed E-state index contributed by atoms with van der Waals surface area (Å²) in [5, 5.41) is 0.351. The summed E-state index contributed by atoms with van der Waals surface area (Å²) in [4.78, 5) is 24.7. The van der Waals surface area contributed by atoms with E-state index in [1.54, 1.807) is 25.1 Å². The van der Waals surface area contributed by atoms with Crippen LogP contribution in [-0.2, 0) is 20.7 Å². The number of aryl methyl sites for hydroxylation is 1. The number of rotatable bonds is 9. The molecule has 3 aromatic rings. The van der Waals surface area contributed by atoms with E-state index in [2.05, 4.69) is 0 Å². The molecule has 0 bridgehead atoms. The van der Waals surface area contributed by atoms with Gasteiger partial charge in [0.25, 0.3) is 0 Å². The molecule has 2 aromatic carbocycles. The molecule has 7 heteroatoms. The van der Waals surface area contributed by atoms with Crippen molar-refractivity contribution < 1.29 is 28.2 Å². The summed E-state index contributed by atoms with van der Waals surface area (Å²) in [7, 11) is 1.52. The van der Waals surface area contributed by atoms with Crippen LogP contribution in [-0.4, -0.2) is 32.4 Å². The van der Waals surface area contributed by atoms with Crippen molar-refractivity contribution in [3.63, 3.8) is 0 Å². The highest BCUT2D eigenvalue weighted by Crippen LogP contribution is 2.26. The van der Waals surface area contributed by atoms with Crippen molar-refractivity contribution >= 4 is 16.9 Å². The van der Waals surface area contributed by atoms with E-state index in [-0.39, 0.29) is 17.8 Å². The molecule has 1 atom stereocenters. The van der Waals surface area contributed by atoms with E-state index in [1.165, 1.54) is 13.4 Å². The molecular formula is C23H24O7. The largest absolute Gasteiger partial charge is 0.479 e. The number of para-hydroxylation sites is 1. The highest BCUT2D eigenvalue weighted by Gasteiger charge is 2.17. The standard InChI is InChI=1S/C23H24O7/c1-4-16-7-5-6-8-19(16)30-21-14-28-20-13-17(9-10-18(20)22(21)24)29-15(2)23(25)27-12-11-26-3/h5-10,13-15H,4,11-12H2,1-3H3/t15-/m1/s1. The monoisotopic (exact) mass is 412 g/mol. The van der Waals surface area contributed by atoms with Gasteiger partial charge in [-0.15, -0.1) is 0 Å². The molecule has 0 aliphatic carbocycles. The molecule has 0 spiro atoms. The first-order chi connectivity index (χ1) is 14.5. The van der Waals surface area contributed by atoms with Gasteiger partial charge in [-0.1, -0.05) is 25.1 Å². The smallest absolute Gasteiger partial charge is 0.347 e. The third kappa shape index (κ3) is 4.99. The lowest BCUT2D eigenvalue weighted by Gasteiger charge is -2.14. The summed E-state index contributed by atoms with van der Waals surface area (Å²) in [6.45, 7) is 4.06. The Bertz CT molecular complexity index is 1070. The Kier molecular flexibility index (Phi) is 7.08. The van der Waals surface area contributed by atoms with Gasteiger partial charge in [-0.2, -0.15) is 0 Å². The van der Waals surface area contributed by atoms with Crippen LogP contribution in [0.3, 0.4) is 0 Å². The molecule has 30 heavy (non-hydrogen) atoms. The van der Waals surface area contributed by atoms with Crippen molar-refractivity contribution in [2.75, 3.05) is 20.3 Å². The van der Waals surface area contributed by atoms with E-state index in [9.17, 15) is 9.59 Å². The van der Waals surface area contributed by atoms with Crippen LogP contribution in [0.15, 0.2) is 57.9 Å². The van der Waals surface area contributed by atoms with Crippen LogP contribution >= 0.6 is 0 Å². The molecule has 0 unspecified atom stereocenters. The Morgan fingerprint density at radius 3 is 2.67 bits per heavy atom. The van der Waals surface area contributed by atoms with Gasteiger partial charge in [0.15, 0.2) is 6.10 Å². The molecule has 158 valence electrons. The number of esters is 1. The summed E-state index contributed by atoms with van der Waals surface area (Å²) >= 11 is 0. The minimum absolute atomic E-state index is 0.104. The fourth-order valence-corrected chi connectivity index (χ4v) is 2.84. The molecule has 1 heterocycles. The minimum Gasteiger partial charge on any atom is -0.479 e. The van der Waals surface area contributed by atoms with Gasteiger partial charge in [0, 0.05) is 13.2 Å². The molecule has 0 saturated carbocycles. The lowest BCUT2D eigenvalue weighted by atomic mass is 10.1. The molecule has 0 aliphatic rings. The second kappa shape index (κ2) is 9.93. The molecular weight excluding hydrogens is 388 g/mol. The number of carbonyl (C=O) groups excluding carboxylic acids is 1. The first-order valence-electron chi connectivity index (χ1n) is 9.67. The Labute approximate surface area is 174 Å². The average Bonchev–Trinajstić information content (AvgIpc) is 2.76. The van der Waals surface area contributed by atoms with Crippen LogP contribution in [0.4, 0.5) is 0 Å². The van der Waals surface area contributed by atoms with E-state index in [1.807, 2.05) is 31.2 Å². The second-order valence-corrected chi connectivity index (χ2v) is 6.57. The van der Waals surface area contributed by atoms with E-state index < -0.39 is 12.1 Å². The normalized spacial score (nSPS) is 11.8. The highest BCUT2D eigenvalue weighted by molar-refractivity contribution is 5.79. The number of ether oxygens (including phenoxy) is 4. The van der Waals surface area contributed by atoms with Gasteiger partial charge in [0.05, 0.1) is 12.0 Å². The van der Waals surface area contributed by atoms with Gasteiger partial charge in [0.2, 0.25) is 11.2 Å². The first kappa shape index (κ1) is 21.4. The summed E-state index contributed by atoms with van der Waals surface area (Å²) < 4.78 is 26.9. The van der Waals surface area contributed by atoms with Crippen LogP contribution in [0.5, 0.6) is 17.2 Å². The van der Waals surface area contributed by atoms with Crippen molar-refractivity contribution in [1.29, 1.82) is 0 Å². The molecule has 7 nitrogen and oxygen atoms in total. The fraction of sp³-hybridized carbons (Fsp3) is 0.304. The van der Waals surface area contributed by atoms with Gasteiger partial charge in [-0.25, -0.2) is 4.79 Å². The summed E-state index contributed by atoms with van der Waals surface area (Å²) in [5.74, 6) is 0.596. The Morgan fingerprint density at radius 2 is 1.90 bits per heavy atom. The maximum atomic E-state index is 12.8. The van der Waals surface area contributed by atoms with E-state index in [0.29, 0.717) is 29.1 Å². The third-order valence-corrected chi connectivity index (χ3v) is 4.46. The first-order valence-corrected chi connectivity index (χ1v) is 9.67. The van der Waals surface area contributed by atoms with Crippen LogP contribution in [0.25, 0.3) is 11.0 Å². The van der Waals surface area contributed by atoms with E-state index in [4.69, 9.17) is 23.4 Å². The second-order valence-electron chi connectivity index (χ2n) is 6.57. The third-order valence-electron chi connectivity index (χ3n) is 4.46. The maximum Gasteiger partial charge on any atom is 0.347 e. The van der Waals surface area contributed by atoms with Gasteiger partial charge in [-0.05, 0) is 37.1 Å². The average molecular weight is 412 g/mol. The fourth-order valence-electron chi connectivity index (χ4n) is 2.84. The van der Waals surface area contributed by atoms with Crippen molar-refractivity contribution in [2.45, 2.75) is 26.4 Å². The highest BCUT2D eigenvalue weighted by atomic mass is 16.6. The quantitative estimate of drug-likeness (QED) is 0.386. The van der Waals surface area contributed by atoms with Crippen molar-refractivity contribution in [3.05, 3.63) is 64.5 Å². The molecule has 0 amide bonds. The summed E-state index contributed by atoms with van der Waals surface area (Å²) in [6, 6.07) is 12.3. The zero-order valence-electron chi connectivity index (χ0n) is 17.2. The van der Waals surface area contributed by atoms with Crippen LogP contribution in [0, 0.1) is 0 Å². The molecule has 0 fully saturated rings. The van der Waals surface area contributed by atoms with Crippen LogP contribution in [0.2, 0.25) is 0 Å². The maximum absolute atomic E-state index is 12.8. The summed E-state index contributed by atoms with van der Waals surface area (Å²) in [5.41, 5.74) is 1.03. The van der Waals surface area contributed by atoms with Gasteiger partial charge in [-0.3, -0.25) is 4.79 Å². The number of carbonyl (C=O) groups is 1.